The number of hydrogen-bond acceptors (Lipinski definition) is 1. The van der Waals surface area contributed by atoms with Gasteiger partial charge in [-0.2, -0.15) is 0 Å². The van der Waals surface area contributed by atoms with Crippen LogP contribution in [0.4, 0.5) is 10.1 Å². The lowest BCUT2D eigenvalue weighted by Gasteiger charge is -2.19. The van der Waals surface area contributed by atoms with Crippen LogP contribution in [0.5, 0.6) is 0 Å². The lowest BCUT2D eigenvalue weighted by Crippen LogP contribution is -2.10. The highest BCUT2D eigenvalue weighted by Gasteiger charge is 2.12. The Hall–Kier alpha value is -0.870. The van der Waals surface area contributed by atoms with E-state index >= 15 is 0 Å². The molecule has 0 aromatic heterocycles. The summed E-state index contributed by atoms with van der Waals surface area (Å²) in [5.74, 6) is -0.247. The first kappa shape index (κ1) is 14.5. The summed E-state index contributed by atoms with van der Waals surface area (Å²) in [4.78, 5) is 0. The highest BCUT2D eigenvalue weighted by molar-refractivity contribution is 9.10. The van der Waals surface area contributed by atoms with Gasteiger partial charge in [-0.25, -0.2) is 4.39 Å². The van der Waals surface area contributed by atoms with E-state index in [2.05, 4.69) is 50.2 Å². The molecule has 19 heavy (non-hydrogen) atoms. The Morgan fingerprint density at radius 3 is 2.47 bits per heavy atom. The molecule has 0 spiro atoms. The van der Waals surface area contributed by atoms with Crippen LogP contribution in [-0.4, -0.2) is 0 Å². The zero-order valence-electron chi connectivity index (χ0n) is 10.5. The van der Waals surface area contributed by atoms with E-state index in [4.69, 9.17) is 0 Å². The number of benzene rings is 2. The van der Waals surface area contributed by atoms with Gasteiger partial charge in [0, 0.05) is 8.95 Å². The van der Waals surface area contributed by atoms with Crippen molar-refractivity contribution >= 4 is 37.5 Å². The van der Waals surface area contributed by atoms with Gasteiger partial charge in [0.15, 0.2) is 0 Å². The van der Waals surface area contributed by atoms with E-state index in [1.165, 1.54) is 6.07 Å². The van der Waals surface area contributed by atoms with E-state index in [1.807, 2.05) is 24.3 Å². The number of anilines is 1. The molecule has 2 aromatic carbocycles. The van der Waals surface area contributed by atoms with Crippen molar-refractivity contribution in [2.45, 2.75) is 19.4 Å². The molecule has 1 nitrogen and oxygen atoms in total. The summed E-state index contributed by atoms with van der Waals surface area (Å²) in [5, 5.41) is 3.25. The lowest BCUT2D eigenvalue weighted by atomic mass is 10.0. The molecule has 0 fully saturated rings. The topological polar surface area (TPSA) is 12.0 Å². The molecule has 100 valence electrons. The van der Waals surface area contributed by atoms with Crippen molar-refractivity contribution < 1.29 is 4.39 Å². The Kier molecular flexibility index (Phi) is 4.99. The van der Waals surface area contributed by atoms with Crippen LogP contribution >= 0.6 is 31.9 Å². The van der Waals surface area contributed by atoms with Crippen LogP contribution < -0.4 is 5.32 Å². The van der Waals surface area contributed by atoms with Gasteiger partial charge in [0.05, 0.1) is 11.7 Å². The second kappa shape index (κ2) is 6.53. The summed E-state index contributed by atoms with van der Waals surface area (Å²) in [6.07, 6.45) is 0.881. The molecule has 4 heteroatoms. The third kappa shape index (κ3) is 3.80. The molecule has 0 saturated carbocycles. The van der Waals surface area contributed by atoms with E-state index in [0.717, 1.165) is 20.9 Å². The fourth-order valence-electron chi connectivity index (χ4n) is 1.94. The van der Waals surface area contributed by atoms with Gasteiger partial charge in [-0.05, 0) is 42.3 Å². The summed E-state index contributed by atoms with van der Waals surface area (Å²) in [5.41, 5.74) is 1.66. The normalized spacial score (nSPS) is 12.2. The zero-order valence-corrected chi connectivity index (χ0v) is 13.6. The molecule has 0 bridgehead atoms. The van der Waals surface area contributed by atoms with Gasteiger partial charge in [0.25, 0.3) is 0 Å². The predicted molar refractivity (Wildman–Crippen MR) is 84.9 cm³/mol. The third-order valence-corrected chi connectivity index (χ3v) is 3.91. The van der Waals surface area contributed by atoms with Crippen LogP contribution in [0.1, 0.15) is 24.9 Å². The smallest absolute Gasteiger partial charge is 0.147 e. The van der Waals surface area contributed by atoms with Gasteiger partial charge in [-0.3, -0.25) is 0 Å². The van der Waals surface area contributed by atoms with Crippen molar-refractivity contribution in [2.24, 2.45) is 0 Å². The molecule has 2 aromatic rings. The van der Waals surface area contributed by atoms with Crippen LogP contribution in [-0.2, 0) is 0 Å². The van der Waals surface area contributed by atoms with Crippen molar-refractivity contribution in [2.75, 3.05) is 5.32 Å². The lowest BCUT2D eigenvalue weighted by molar-refractivity contribution is 0.623. The minimum absolute atomic E-state index is 0.0909. The average Bonchev–Trinajstić information content (AvgIpc) is 2.38. The number of hydrogen-bond donors (Lipinski definition) is 1. The molecule has 1 unspecified atom stereocenters. The summed E-state index contributed by atoms with van der Waals surface area (Å²) in [6.45, 7) is 2.08. The quantitative estimate of drug-likeness (QED) is 0.688. The number of nitrogens with one attached hydrogen (secondary N) is 1. The Bertz CT molecular complexity index is 572. The van der Waals surface area contributed by atoms with E-state index in [1.54, 1.807) is 6.07 Å². The summed E-state index contributed by atoms with van der Waals surface area (Å²) >= 11 is 6.72. The van der Waals surface area contributed by atoms with Crippen LogP contribution in [0.15, 0.2) is 51.4 Å². The largest absolute Gasteiger partial charge is 0.376 e. The number of rotatable bonds is 4. The highest BCUT2D eigenvalue weighted by atomic mass is 79.9. The first-order valence-corrected chi connectivity index (χ1v) is 7.66. The molecule has 0 aliphatic rings. The maximum absolute atomic E-state index is 13.8. The first-order chi connectivity index (χ1) is 9.10. The van der Waals surface area contributed by atoms with E-state index < -0.39 is 0 Å². The fourth-order valence-corrected chi connectivity index (χ4v) is 2.69. The number of halogens is 3. The summed E-state index contributed by atoms with van der Waals surface area (Å²) < 4.78 is 15.6. The zero-order chi connectivity index (χ0) is 13.8. The maximum Gasteiger partial charge on any atom is 0.147 e. The monoisotopic (exact) mass is 385 g/mol. The van der Waals surface area contributed by atoms with Crippen molar-refractivity contribution in [1.82, 2.24) is 0 Å². The predicted octanol–water partition coefficient (Wildman–Crippen LogP) is 5.91. The van der Waals surface area contributed by atoms with E-state index in [-0.39, 0.29) is 11.9 Å². The molecule has 0 amide bonds. The van der Waals surface area contributed by atoms with Gasteiger partial charge < -0.3 is 5.32 Å². The van der Waals surface area contributed by atoms with Gasteiger partial charge >= 0.3 is 0 Å². The van der Waals surface area contributed by atoms with E-state index in [0.29, 0.717) is 5.69 Å². The maximum atomic E-state index is 13.8. The SMILES string of the molecule is CCC(Nc1ccc(Br)cc1F)c1cccc(Br)c1. The van der Waals surface area contributed by atoms with Crippen molar-refractivity contribution in [1.29, 1.82) is 0 Å². The molecule has 0 aliphatic heterocycles. The second-order valence-corrected chi connectivity index (χ2v) is 6.12. The molecule has 2 rings (SSSR count). The van der Waals surface area contributed by atoms with Crippen molar-refractivity contribution in [3.05, 3.63) is 62.8 Å². The molecule has 1 N–H and O–H groups in total. The minimum atomic E-state index is -0.247. The van der Waals surface area contributed by atoms with Crippen LogP contribution in [0.25, 0.3) is 0 Å². The molecule has 0 saturated heterocycles. The van der Waals surface area contributed by atoms with Gasteiger partial charge in [0.1, 0.15) is 5.82 Å². The Morgan fingerprint density at radius 2 is 1.84 bits per heavy atom. The van der Waals surface area contributed by atoms with Gasteiger partial charge in [0.2, 0.25) is 0 Å². The van der Waals surface area contributed by atoms with Gasteiger partial charge in [-0.15, -0.1) is 0 Å². The van der Waals surface area contributed by atoms with E-state index in [9.17, 15) is 4.39 Å². The molecule has 0 heterocycles. The van der Waals surface area contributed by atoms with Crippen molar-refractivity contribution in [3.63, 3.8) is 0 Å². The van der Waals surface area contributed by atoms with Crippen LogP contribution in [0.3, 0.4) is 0 Å². The van der Waals surface area contributed by atoms with Gasteiger partial charge in [-0.1, -0.05) is 50.9 Å². The Labute approximate surface area is 129 Å². The van der Waals surface area contributed by atoms with Crippen LogP contribution in [0.2, 0.25) is 0 Å². The Balaban J connectivity index is 2.24. The first-order valence-electron chi connectivity index (χ1n) is 6.07. The minimum Gasteiger partial charge on any atom is -0.376 e. The van der Waals surface area contributed by atoms with Crippen molar-refractivity contribution in [3.8, 4) is 0 Å². The molecule has 0 aliphatic carbocycles. The standard InChI is InChI=1S/C15H14Br2FN/c1-2-14(10-4-3-5-11(16)8-10)19-15-7-6-12(17)9-13(15)18/h3-9,14,19H,2H2,1H3. The van der Waals surface area contributed by atoms with Crippen LogP contribution in [0, 0.1) is 5.82 Å². The highest BCUT2D eigenvalue weighted by Crippen LogP contribution is 2.27. The Morgan fingerprint density at radius 1 is 1.11 bits per heavy atom. The molecular formula is C15H14Br2FN. The third-order valence-electron chi connectivity index (χ3n) is 2.92. The fraction of sp³-hybridized carbons (Fsp3) is 0.200. The molecule has 0 radical (unpaired) electrons. The summed E-state index contributed by atoms with van der Waals surface area (Å²) in [7, 11) is 0. The average molecular weight is 387 g/mol. The second-order valence-electron chi connectivity index (χ2n) is 4.28. The molecular weight excluding hydrogens is 373 g/mol. The summed E-state index contributed by atoms with van der Waals surface area (Å²) in [6, 6.07) is 13.2. The molecule has 1 atom stereocenters.